The van der Waals surface area contributed by atoms with E-state index in [2.05, 4.69) is 0 Å². The summed E-state index contributed by atoms with van der Waals surface area (Å²) in [7, 11) is 1.85. The van der Waals surface area contributed by atoms with Crippen LogP contribution in [-0.4, -0.2) is 33.6 Å². The highest BCUT2D eigenvalue weighted by molar-refractivity contribution is 5.99. The number of carbonyl (C=O) groups excluding carboxylic acids is 1. The van der Waals surface area contributed by atoms with Crippen molar-refractivity contribution in [1.29, 1.82) is 0 Å². The molecule has 3 aliphatic rings. The Hall–Kier alpha value is -1.98. The smallest absolute Gasteiger partial charge is 0.351 e. The van der Waals surface area contributed by atoms with Crippen molar-refractivity contribution in [3.8, 4) is 0 Å². The Morgan fingerprint density at radius 3 is 2.68 bits per heavy atom. The summed E-state index contributed by atoms with van der Waals surface area (Å²) >= 11 is 0. The summed E-state index contributed by atoms with van der Waals surface area (Å²) in [5.74, 6) is -0.523. The average Bonchev–Trinajstić information content (AvgIpc) is 3.08. The van der Waals surface area contributed by atoms with E-state index in [4.69, 9.17) is 0 Å². The van der Waals surface area contributed by atoms with Gasteiger partial charge in [0.05, 0.1) is 0 Å². The number of hydrogen-bond donors (Lipinski definition) is 0. The van der Waals surface area contributed by atoms with Crippen LogP contribution < -0.4 is 0 Å². The first-order valence-electron chi connectivity index (χ1n) is 7.26. The SMILES string of the molecule is Cn1ccc2ccc(C(=O)N3CC4CC3(C(F)(F)F)C4)cc21. The number of carbonyl (C=O) groups is 1. The Kier molecular flexibility index (Phi) is 2.52. The van der Waals surface area contributed by atoms with Gasteiger partial charge in [-0.2, -0.15) is 13.2 Å². The van der Waals surface area contributed by atoms with Crippen molar-refractivity contribution < 1.29 is 18.0 Å². The van der Waals surface area contributed by atoms with Crippen LogP contribution in [0.2, 0.25) is 0 Å². The molecule has 0 N–H and O–H groups in total. The van der Waals surface area contributed by atoms with E-state index >= 15 is 0 Å². The van der Waals surface area contributed by atoms with Crippen LogP contribution in [0.25, 0.3) is 10.9 Å². The fourth-order valence-electron chi connectivity index (χ4n) is 3.89. The lowest BCUT2D eigenvalue weighted by molar-refractivity contribution is -0.230. The molecule has 2 aromatic rings. The van der Waals surface area contributed by atoms with Crippen LogP contribution >= 0.6 is 0 Å². The van der Waals surface area contributed by atoms with Gasteiger partial charge in [-0.1, -0.05) is 6.07 Å². The predicted octanol–water partition coefficient (Wildman–Crippen LogP) is 3.35. The molecular weight excluding hydrogens is 293 g/mol. The Bertz CT molecular complexity index is 771. The van der Waals surface area contributed by atoms with Crippen molar-refractivity contribution in [2.75, 3.05) is 6.54 Å². The van der Waals surface area contributed by atoms with Crippen molar-refractivity contribution in [2.45, 2.75) is 24.6 Å². The van der Waals surface area contributed by atoms with E-state index in [1.54, 1.807) is 18.2 Å². The molecule has 1 aromatic heterocycles. The van der Waals surface area contributed by atoms with Gasteiger partial charge in [-0.15, -0.1) is 0 Å². The van der Waals surface area contributed by atoms with Crippen molar-refractivity contribution in [1.82, 2.24) is 9.47 Å². The van der Waals surface area contributed by atoms with Crippen LogP contribution in [0.3, 0.4) is 0 Å². The minimum atomic E-state index is -4.36. The number of amides is 1. The number of hydrogen-bond acceptors (Lipinski definition) is 1. The van der Waals surface area contributed by atoms with Crippen LogP contribution in [0, 0.1) is 5.92 Å². The molecule has 1 amide bonds. The van der Waals surface area contributed by atoms with Gasteiger partial charge in [0.25, 0.3) is 5.91 Å². The molecule has 1 aliphatic carbocycles. The van der Waals surface area contributed by atoms with E-state index in [1.165, 1.54) is 0 Å². The number of fused-ring (bicyclic) bond motifs is 2. The topological polar surface area (TPSA) is 25.2 Å². The molecule has 3 heterocycles. The van der Waals surface area contributed by atoms with Gasteiger partial charge in [0.2, 0.25) is 0 Å². The number of aromatic nitrogens is 1. The second-order valence-electron chi connectivity index (χ2n) is 6.42. The molecule has 2 bridgehead atoms. The zero-order valence-corrected chi connectivity index (χ0v) is 12.0. The molecule has 0 spiro atoms. The lowest BCUT2D eigenvalue weighted by Crippen LogP contribution is -2.58. The van der Waals surface area contributed by atoms with Crippen molar-refractivity contribution in [3.63, 3.8) is 0 Å². The molecule has 0 radical (unpaired) electrons. The molecule has 2 saturated heterocycles. The quantitative estimate of drug-likeness (QED) is 0.793. The van der Waals surface area contributed by atoms with E-state index in [-0.39, 0.29) is 25.3 Å². The van der Waals surface area contributed by atoms with Crippen molar-refractivity contribution >= 4 is 16.8 Å². The highest BCUT2D eigenvalue weighted by Gasteiger charge is 2.71. The first-order chi connectivity index (χ1) is 10.3. The molecule has 116 valence electrons. The average molecular weight is 308 g/mol. The Morgan fingerprint density at radius 1 is 1.27 bits per heavy atom. The maximum Gasteiger partial charge on any atom is 0.411 e. The summed E-state index contributed by atoms with van der Waals surface area (Å²) in [4.78, 5) is 13.7. The Morgan fingerprint density at radius 2 is 2.00 bits per heavy atom. The van der Waals surface area contributed by atoms with Gasteiger partial charge >= 0.3 is 6.18 Å². The van der Waals surface area contributed by atoms with Crippen LogP contribution in [0.5, 0.6) is 0 Å². The number of alkyl halides is 3. The first-order valence-corrected chi connectivity index (χ1v) is 7.26. The molecule has 22 heavy (non-hydrogen) atoms. The van der Waals surface area contributed by atoms with Gasteiger partial charge in [0.15, 0.2) is 0 Å². The summed E-state index contributed by atoms with van der Waals surface area (Å²) in [6.07, 6.45) is -2.39. The zero-order chi connectivity index (χ0) is 15.7. The number of halogens is 3. The van der Waals surface area contributed by atoms with Crippen LogP contribution in [0.4, 0.5) is 13.2 Å². The van der Waals surface area contributed by atoms with Gasteiger partial charge in [0, 0.05) is 30.9 Å². The predicted molar refractivity (Wildman–Crippen MR) is 75.5 cm³/mol. The van der Waals surface area contributed by atoms with Crippen LogP contribution in [0.15, 0.2) is 30.5 Å². The minimum Gasteiger partial charge on any atom is -0.351 e. The number of rotatable bonds is 1. The largest absolute Gasteiger partial charge is 0.411 e. The van der Waals surface area contributed by atoms with E-state index in [0.717, 1.165) is 15.8 Å². The van der Waals surface area contributed by atoms with E-state index in [0.29, 0.717) is 5.56 Å². The van der Waals surface area contributed by atoms with Gasteiger partial charge in [-0.05, 0) is 42.3 Å². The minimum absolute atomic E-state index is 0.00987. The fourth-order valence-corrected chi connectivity index (χ4v) is 3.89. The third-order valence-electron chi connectivity index (χ3n) is 5.12. The maximum absolute atomic E-state index is 13.4. The number of aryl methyl sites for hydroxylation is 1. The summed E-state index contributed by atoms with van der Waals surface area (Å²) in [5, 5.41) is 0.968. The molecule has 1 saturated carbocycles. The summed E-state index contributed by atoms with van der Waals surface area (Å²) in [5.41, 5.74) is -0.762. The molecule has 3 fully saturated rings. The van der Waals surface area contributed by atoms with E-state index < -0.39 is 17.6 Å². The molecule has 5 rings (SSSR count). The Labute approximate surface area is 125 Å². The maximum atomic E-state index is 13.4. The molecule has 1 aromatic carbocycles. The number of nitrogens with zero attached hydrogens (tertiary/aromatic N) is 2. The van der Waals surface area contributed by atoms with Gasteiger partial charge in [-0.25, -0.2) is 0 Å². The second-order valence-corrected chi connectivity index (χ2v) is 6.42. The second kappa shape index (κ2) is 4.06. The Balaban J connectivity index is 1.73. The highest BCUT2D eigenvalue weighted by Crippen LogP contribution is 2.58. The molecule has 0 unspecified atom stereocenters. The molecule has 3 nitrogen and oxygen atoms in total. The molecule has 0 atom stereocenters. The van der Waals surface area contributed by atoms with Crippen LogP contribution in [0.1, 0.15) is 23.2 Å². The lowest BCUT2D eigenvalue weighted by atomic mass is 9.72. The van der Waals surface area contributed by atoms with Gasteiger partial charge < -0.3 is 9.47 Å². The third-order valence-corrected chi connectivity index (χ3v) is 5.12. The summed E-state index contributed by atoms with van der Waals surface area (Å²) < 4.78 is 42.0. The summed E-state index contributed by atoms with van der Waals surface area (Å²) in [6, 6.07) is 6.98. The molecule has 6 heteroatoms. The normalized spacial score (nSPS) is 27.3. The van der Waals surface area contributed by atoms with Crippen LogP contribution in [-0.2, 0) is 7.05 Å². The standard InChI is InChI=1S/C16H15F3N2O/c1-20-5-4-11-2-3-12(6-13(11)20)14(22)21-9-10-7-15(21,8-10)16(17,18)19/h2-6,10H,7-9H2,1H3. The van der Waals surface area contributed by atoms with E-state index in [9.17, 15) is 18.0 Å². The van der Waals surface area contributed by atoms with E-state index in [1.807, 2.05) is 23.9 Å². The van der Waals surface area contributed by atoms with Gasteiger partial charge in [-0.3, -0.25) is 4.79 Å². The van der Waals surface area contributed by atoms with Crippen molar-refractivity contribution in [3.05, 3.63) is 36.0 Å². The number of benzene rings is 1. The monoisotopic (exact) mass is 308 g/mol. The molecular formula is C16H15F3N2O. The summed E-state index contributed by atoms with van der Waals surface area (Å²) in [6.45, 7) is 0.212. The van der Waals surface area contributed by atoms with Crippen molar-refractivity contribution in [2.24, 2.45) is 13.0 Å². The fraction of sp³-hybridized carbons (Fsp3) is 0.438. The third kappa shape index (κ3) is 1.61. The highest BCUT2D eigenvalue weighted by atomic mass is 19.4. The zero-order valence-electron chi connectivity index (χ0n) is 12.0. The van der Waals surface area contributed by atoms with Gasteiger partial charge in [0.1, 0.15) is 5.54 Å². The molecule has 2 aliphatic heterocycles. The first kappa shape index (κ1) is 13.7. The lowest BCUT2D eigenvalue weighted by Gasteiger charge is -2.43.